The number of aromatic carboxylic acids is 1. The minimum Gasteiger partial charge on any atom is -1.00 e. The van der Waals surface area contributed by atoms with E-state index in [1.807, 2.05) is 0 Å². The van der Waals surface area contributed by atoms with Crippen LogP contribution < -0.4 is 65.6 Å². The zero-order valence-corrected chi connectivity index (χ0v) is 15.4. The van der Waals surface area contributed by atoms with Crippen LogP contribution in [0.1, 0.15) is 11.9 Å². The summed E-state index contributed by atoms with van der Waals surface area (Å²) in [5.74, 6) is -0.731. The molecule has 114 valence electrons. The second-order valence-corrected chi connectivity index (χ2v) is 3.49. The van der Waals surface area contributed by atoms with Gasteiger partial charge in [0, 0.05) is 6.20 Å². The second kappa shape index (κ2) is 9.66. The Morgan fingerprint density at radius 3 is 2.32 bits per heavy atom. The normalized spacial score (nSPS) is 9.00. The molecule has 22 heavy (non-hydrogen) atoms. The van der Waals surface area contributed by atoms with Gasteiger partial charge in [0.2, 0.25) is 11.8 Å². The fourth-order valence-electron chi connectivity index (χ4n) is 1.37. The first-order chi connectivity index (χ1) is 9.63. The minimum absolute atomic E-state index is 0. The Morgan fingerprint density at radius 1 is 1.23 bits per heavy atom. The number of carbonyl (C=O) groups is 1. The summed E-state index contributed by atoms with van der Waals surface area (Å²) in [6, 6.07) is 4.36. The molecule has 0 aliphatic heterocycles. The monoisotopic (exact) mass is 335 g/mol. The van der Waals surface area contributed by atoms with E-state index in [1.165, 1.54) is 32.5 Å². The van der Waals surface area contributed by atoms with E-state index in [4.69, 9.17) is 19.3 Å². The standard InChI is InChI=1S/C12H11N3O5.K.H2O.H/c1-18-8-6-9(19-2)15-12(14-8)20-7-4-3-5-13-10(7)11(16)17;;;/h3-6H,1-2H3,(H,16,17);;1H2;/q;+1;;-1. The number of rotatable bonds is 5. The van der Waals surface area contributed by atoms with E-state index in [0.29, 0.717) is 0 Å². The minimum atomic E-state index is -1.21. The zero-order valence-electron chi connectivity index (χ0n) is 13.2. The van der Waals surface area contributed by atoms with E-state index in [9.17, 15) is 4.79 Å². The summed E-state index contributed by atoms with van der Waals surface area (Å²) in [4.78, 5) is 22.6. The van der Waals surface area contributed by atoms with E-state index >= 15 is 0 Å². The molecule has 2 aromatic heterocycles. The van der Waals surface area contributed by atoms with Gasteiger partial charge >= 0.3 is 63.4 Å². The molecule has 3 N–H and O–H groups in total. The number of carboxylic acids is 1. The molecule has 0 spiro atoms. The average molecular weight is 335 g/mol. The summed E-state index contributed by atoms with van der Waals surface area (Å²) < 4.78 is 15.3. The van der Waals surface area contributed by atoms with E-state index in [-0.39, 0.29) is 87.5 Å². The van der Waals surface area contributed by atoms with Crippen LogP contribution in [-0.2, 0) is 0 Å². The van der Waals surface area contributed by atoms with E-state index in [1.54, 1.807) is 6.07 Å². The molecule has 0 fully saturated rings. The van der Waals surface area contributed by atoms with Crippen molar-refractivity contribution < 1.29 is 82.4 Å². The Kier molecular flexibility index (Phi) is 9.09. The molecule has 2 rings (SSSR count). The molecule has 0 aliphatic carbocycles. The third-order valence-corrected chi connectivity index (χ3v) is 2.25. The summed E-state index contributed by atoms with van der Waals surface area (Å²) >= 11 is 0. The summed E-state index contributed by atoms with van der Waals surface area (Å²) in [7, 11) is 2.86. The number of hydrogen-bond acceptors (Lipinski definition) is 7. The van der Waals surface area contributed by atoms with Gasteiger partial charge in [-0.1, -0.05) is 0 Å². The van der Waals surface area contributed by atoms with Crippen LogP contribution in [0, 0.1) is 0 Å². The molecule has 9 nitrogen and oxygen atoms in total. The Labute approximate surface area is 169 Å². The van der Waals surface area contributed by atoms with Crippen LogP contribution >= 0.6 is 0 Å². The Balaban J connectivity index is 0. The van der Waals surface area contributed by atoms with Crippen LogP contribution in [0.4, 0.5) is 0 Å². The van der Waals surface area contributed by atoms with Gasteiger partial charge in [0.25, 0.3) is 0 Å². The third-order valence-electron chi connectivity index (χ3n) is 2.25. The Hall–Kier alpha value is -1.30. The number of methoxy groups -OCH3 is 2. The number of nitrogens with zero attached hydrogens (tertiary/aromatic N) is 3. The molecule has 0 unspecified atom stereocenters. The summed E-state index contributed by atoms with van der Waals surface area (Å²) in [5.41, 5.74) is -0.238. The first-order valence-corrected chi connectivity index (χ1v) is 5.47. The van der Waals surface area contributed by atoms with Gasteiger partial charge in [-0.05, 0) is 12.1 Å². The van der Waals surface area contributed by atoms with Gasteiger partial charge in [-0.15, -0.1) is 0 Å². The Morgan fingerprint density at radius 2 is 1.82 bits per heavy atom. The fraction of sp³-hybridized carbons (Fsp3) is 0.167. The predicted octanol–water partition coefficient (Wildman–Crippen LogP) is -2.33. The largest absolute Gasteiger partial charge is 1.00 e. The molecule has 2 heterocycles. The van der Waals surface area contributed by atoms with Gasteiger partial charge in [-0.3, -0.25) is 0 Å². The van der Waals surface area contributed by atoms with Crippen LogP contribution in [0.5, 0.6) is 23.5 Å². The molecular formula is C12H14KN3O6. The van der Waals surface area contributed by atoms with Crippen molar-refractivity contribution in [2.75, 3.05) is 14.2 Å². The molecular weight excluding hydrogens is 321 g/mol. The maximum absolute atomic E-state index is 11.0. The fourth-order valence-corrected chi connectivity index (χ4v) is 1.37. The van der Waals surface area contributed by atoms with Crippen molar-refractivity contribution in [2.24, 2.45) is 0 Å². The molecule has 0 aromatic carbocycles. The molecule has 0 aliphatic rings. The molecule has 2 aromatic rings. The zero-order chi connectivity index (χ0) is 14.5. The Bertz CT molecular complexity index is 624. The van der Waals surface area contributed by atoms with Crippen molar-refractivity contribution >= 4 is 5.97 Å². The molecule has 0 saturated heterocycles. The van der Waals surface area contributed by atoms with E-state index < -0.39 is 5.97 Å². The van der Waals surface area contributed by atoms with Gasteiger partial charge in [-0.25, -0.2) is 9.78 Å². The van der Waals surface area contributed by atoms with Crippen molar-refractivity contribution in [1.29, 1.82) is 0 Å². The first-order valence-electron chi connectivity index (χ1n) is 5.47. The van der Waals surface area contributed by atoms with Crippen molar-refractivity contribution in [1.82, 2.24) is 15.0 Å². The molecule has 0 atom stereocenters. The van der Waals surface area contributed by atoms with Crippen LogP contribution in [0.25, 0.3) is 0 Å². The number of hydrogen-bond donors (Lipinski definition) is 1. The average Bonchev–Trinajstić information content (AvgIpc) is 2.47. The SMILES string of the molecule is COc1cc(OC)nc(Oc2cccnc2C(=O)O)n1.O.[H-].[K+]. The van der Waals surface area contributed by atoms with E-state index in [0.717, 1.165) is 0 Å². The molecule has 0 saturated carbocycles. The van der Waals surface area contributed by atoms with Crippen molar-refractivity contribution in [3.8, 4) is 23.5 Å². The maximum atomic E-state index is 11.0. The first kappa shape index (κ1) is 20.7. The predicted molar refractivity (Wildman–Crippen MR) is 71.1 cm³/mol. The number of pyridine rings is 1. The van der Waals surface area contributed by atoms with Crippen LogP contribution in [0.2, 0.25) is 0 Å². The quantitative estimate of drug-likeness (QED) is 0.601. The van der Waals surface area contributed by atoms with Gasteiger partial charge < -0.3 is 26.2 Å². The molecule has 0 bridgehead atoms. The third kappa shape index (κ3) is 5.16. The van der Waals surface area contributed by atoms with Crippen molar-refractivity contribution in [3.63, 3.8) is 0 Å². The number of carboxylic acid groups (broad SMARTS) is 1. The summed E-state index contributed by atoms with van der Waals surface area (Å²) in [6.45, 7) is 0. The number of ether oxygens (including phenoxy) is 3. The van der Waals surface area contributed by atoms with Gasteiger partial charge in [-0.2, -0.15) is 9.97 Å². The van der Waals surface area contributed by atoms with Gasteiger partial charge in [0.1, 0.15) is 0 Å². The van der Waals surface area contributed by atoms with Gasteiger partial charge in [0.05, 0.1) is 20.3 Å². The van der Waals surface area contributed by atoms with E-state index in [2.05, 4.69) is 15.0 Å². The topological polar surface area (TPSA) is 135 Å². The smallest absolute Gasteiger partial charge is 1.00 e. The molecule has 10 heteroatoms. The van der Waals surface area contributed by atoms with Crippen molar-refractivity contribution in [3.05, 3.63) is 30.1 Å². The number of aromatic nitrogens is 3. The maximum Gasteiger partial charge on any atom is 1.00 e. The molecule has 0 amide bonds. The second-order valence-electron chi connectivity index (χ2n) is 3.49. The van der Waals surface area contributed by atoms with Crippen LogP contribution in [0.15, 0.2) is 24.4 Å². The molecule has 0 radical (unpaired) electrons. The summed E-state index contributed by atoms with van der Waals surface area (Å²) in [5, 5.41) is 9.01. The van der Waals surface area contributed by atoms with Gasteiger partial charge in [0.15, 0.2) is 11.4 Å². The van der Waals surface area contributed by atoms with Crippen LogP contribution in [0.3, 0.4) is 0 Å². The van der Waals surface area contributed by atoms with Crippen LogP contribution in [-0.4, -0.2) is 45.7 Å². The van der Waals surface area contributed by atoms with Crippen molar-refractivity contribution in [2.45, 2.75) is 0 Å². The summed E-state index contributed by atoms with van der Waals surface area (Å²) in [6.07, 6.45) is 1.35.